The maximum atomic E-state index is 11.7. The number of hydrogen-bond donors (Lipinski definition) is 2. The maximum Gasteiger partial charge on any atom is 0.124 e. The quantitative estimate of drug-likeness (QED) is 0.160. The summed E-state index contributed by atoms with van der Waals surface area (Å²) in [6.07, 6.45) is 7.98. The normalized spacial score (nSPS) is 11.9. The summed E-state index contributed by atoms with van der Waals surface area (Å²) in [7, 11) is 0. The van der Waals surface area contributed by atoms with Gasteiger partial charge in [0.2, 0.25) is 0 Å². The van der Waals surface area contributed by atoms with Crippen molar-refractivity contribution in [3.63, 3.8) is 0 Å². The molecule has 0 fully saturated rings. The first-order valence-corrected chi connectivity index (χ1v) is 17.8. The van der Waals surface area contributed by atoms with Gasteiger partial charge in [-0.15, -0.1) is 0 Å². The molecule has 46 heavy (non-hydrogen) atoms. The molecular weight excluding hydrogens is 560 g/mol. The Balaban J connectivity index is 1.79. The molecule has 0 aliphatic carbocycles. The van der Waals surface area contributed by atoms with Gasteiger partial charge in [-0.3, -0.25) is 0 Å². The minimum Gasteiger partial charge on any atom is -0.507 e. The molecule has 0 amide bonds. The summed E-state index contributed by atoms with van der Waals surface area (Å²) in [5.41, 5.74) is 13.1. The highest BCUT2D eigenvalue weighted by Gasteiger charge is 2.23. The van der Waals surface area contributed by atoms with Gasteiger partial charge in [0, 0.05) is 11.1 Å². The Bertz CT molecular complexity index is 1990. The molecule has 6 aromatic rings. The van der Waals surface area contributed by atoms with Crippen molar-refractivity contribution in [2.45, 2.75) is 107 Å². The van der Waals surface area contributed by atoms with E-state index in [1.807, 2.05) is 24.3 Å². The predicted octanol–water partition coefficient (Wildman–Crippen LogP) is 11.9. The highest BCUT2D eigenvalue weighted by molar-refractivity contribution is 6.16. The van der Waals surface area contributed by atoms with Crippen LogP contribution in [0.15, 0.2) is 48.5 Å². The summed E-state index contributed by atoms with van der Waals surface area (Å²) >= 11 is 0. The standard InChI is InChI=1S/C44H50O2/c1-9-27-29(11-3)33(15-7)39-23-35-25(21-37(39)31(27)13-5)17-19-41(45)43(35)44-36-24-40-34(16-8)30(12-4)28(10-2)32(14-6)38(40)22-26(36)18-20-42(44)46/h17-24,45-46H,9-16H2,1-8H3. The largest absolute Gasteiger partial charge is 0.507 e. The fourth-order valence-electron chi connectivity index (χ4n) is 8.95. The van der Waals surface area contributed by atoms with Crippen molar-refractivity contribution in [2.24, 2.45) is 0 Å². The summed E-state index contributed by atoms with van der Waals surface area (Å²) < 4.78 is 0. The van der Waals surface area contributed by atoms with E-state index in [9.17, 15) is 10.2 Å². The molecule has 0 saturated heterocycles. The lowest BCUT2D eigenvalue weighted by molar-refractivity contribution is 0.470. The third-order valence-corrected chi connectivity index (χ3v) is 10.8. The molecule has 2 heteroatoms. The zero-order chi connectivity index (χ0) is 32.9. The fraction of sp³-hybridized carbons (Fsp3) is 0.364. The molecule has 6 aromatic carbocycles. The summed E-state index contributed by atoms with van der Waals surface area (Å²) in [6, 6.07) is 17.0. The van der Waals surface area contributed by atoms with Crippen LogP contribution < -0.4 is 0 Å². The number of rotatable bonds is 9. The van der Waals surface area contributed by atoms with Crippen LogP contribution in [0.4, 0.5) is 0 Å². The average Bonchev–Trinajstić information content (AvgIpc) is 3.08. The Labute approximate surface area is 275 Å². The van der Waals surface area contributed by atoms with Gasteiger partial charge in [0.05, 0.1) is 0 Å². The summed E-state index contributed by atoms with van der Waals surface area (Å²) in [6.45, 7) is 18.2. The topological polar surface area (TPSA) is 40.5 Å². The Kier molecular flexibility index (Phi) is 8.77. The van der Waals surface area contributed by atoms with Crippen LogP contribution in [0.3, 0.4) is 0 Å². The van der Waals surface area contributed by atoms with Crippen LogP contribution in [0.5, 0.6) is 11.5 Å². The molecule has 0 aliphatic heterocycles. The first kappa shape index (κ1) is 31.9. The van der Waals surface area contributed by atoms with Crippen molar-refractivity contribution in [2.75, 3.05) is 0 Å². The third kappa shape index (κ3) is 4.67. The van der Waals surface area contributed by atoms with E-state index >= 15 is 0 Å². The van der Waals surface area contributed by atoms with E-state index in [-0.39, 0.29) is 11.5 Å². The predicted molar refractivity (Wildman–Crippen MR) is 200 cm³/mol. The molecule has 2 N–H and O–H groups in total. The first-order valence-electron chi connectivity index (χ1n) is 17.8. The van der Waals surface area contributed by atoms with Crippen molar-refractivity contribution in [3.8, 4) is 22.6 Å². The molecule has 238 valence electrons. The van der Waals surface area contributed by atoms with E-state index in [0.717, 1.165) is 72.9 Å². The number of aromatic hydroxyl groups is 2. The van der Waals surface area contributed by atoms with E-state index in [1.54, 1.807) is 0 Å². The van der Waals surface area contributed by atoms with Crippen LogP contribution in [0.2, 0.25) is 0 Å². The molecule has 0 heterocycles. The van der Waals surface area contributed by atoms with Crippen LogP contribution in [0, 0.1) is 0 Å². The van der Waals surface area contributed by atoms with Gasteiger partial charge in [0.15, 0.2) is 0 Å². The van der Waals surface area contributed by atoms with Gasteiger partial charge in [0.1, 0.15) is 11.5 Å². The fourth-order valence-corrected chi connectivity index (χ4v) is 8.95. The molecule has 0 aliphatic rings. The number of aryl methyl sites for hydroxylation is 4. The smallest absolute Gasteiger partial charge is 0.124 e. The maximum absolute atomic E-state index is 11.7. The lowest BCUT2D eigenvalue weighted by Gasteiger charge is -2.23. The highest BCUT2D eigenvalue weighted by atomic mass is 16.3. The molecule has 0 atom stereocenters. The van der Waals surface area contributed by atoms with E-state index < -0.39 is 0 Å². The molecule has 0 aromatic heterocycles. The number of fused-ring (bicyclic) bond motifs is 4. The van der Waals surface area contributed by atoms with Gasteiger partial charge < -0.3 is 10.2 Å². The second-order valence-corrected chi connectivity index (χ2v) is 12.8. The Hall–Kier alpha value is -4.04. The molecule has 0 spiro atoms. The van der Waals surface area contributed by atoms with Gasteiger partial charge in [-0.25, -0.2) is 0 Å². The molecule has 0 saturated carbocycles. The van der Waals surface area contributed by atoms with Gasteiger partial charge in [0.25, 0.3) is 0 Å². The molecule has 6 rings (SSSR count). The molecule has 0 unspecified atom stereocenters. The highest BCUT2D eigenvalue weighted by Crippen LogP contribution is 2.48. The van der Waals surface area contributed by atoms with Gasteiger partial charge in [-0.05, 0) is 175 Å². The van der Waals surface area contributed by atoms with Gasteiger partial charge in [-0.2, -0.15) is 0 Å². The van der Waals surface area contributed by atoms with Crippen molar-refractivity contribution in [1.82, 2.24) is 0 Å². The Morgan fingerprint density at radius 3 is 0.848 bits per heavy atom. The average molecular weight is 611 g/mol. The lowest BCUT2D eigenvalue weighted by atomic mass is 9.82. The lowest BCUT2D eigenvalue weighted by Crippen LogP contribution is -2.05. The molecule has 0 radical (unpaired) electrons. The van der Waals surface area contributed by atoms with Crippen molar-refractivity contribution < 1.29 is 10.2 Å². The SMILES string of the molecule is CCc1c(CC)c(CC)c2cc3c(-c4c(O)ccc5cc6c(CC)c(CC)c(CC)c(CC)c6cc45)c(O)ccc3cc2c1CC. The molecule has 2 nitrogen and oxygen atoms in total. The summed E-state index contributed by atoms with van der Waals surface area (Å²) in [5.74, 6) is 0.398. The van der Waals surface area contributed by atoms with Crippen LogP contribution in [-0.4, -0.2) is 10.2 Å². The summed E-state index contributed by atoms with van der Waals surface area (Å²) in [5, 5.41) is 32.7. The monoisotopic (exact) mass is 610 g/mol. The number of benzene rings is 6. The van der Waals surface area contributed by atoms with Crippen LogP contribution >= 0.6 is 0 Å². The zero-order valence-electron chi connectivity index (χ0n) is 29.2. The third-order valence-electron chi connectivity index (χ3n) is 10.8. The van der Waals surface area contributed by atoms with Crippen LogP contribution in [-0.2, 0) is 51.4 Å². The van der Waals surface area contributed by atoms with E-state index in [4.69, 9.17) is 0 Å². The summed E-state index contributed by atoms with van der Waals surface area (Å²) in [4.78, 5) is 0. The van der Waals surface area contributed by atoms with Gasteiger partial charge >= 0.3 is 0 Å². The number of phenolic OH excluding ortho intramolecular Hbond substituents is 2. The van der Waals surface area contributed by atoms with Gasteiger partial charge in [-0.1, -0.05) is 67.5 Å². The second-order valence-electron chi connectivity index (χ2n) is 12.8. The zero-order valence-corrected chi connectivity index (χ0v) is 29.2. The van der Waals surface area contributed by atoms with E-state index in [1.165, 1.54) is 66.1 Å². The number of phenols is 2. The molecule has 0 bridgehead atoms. The number of hydrogen-bond acceptors (Lipinski definition) is 2. The van der Waals surface area contributed by atoms with Crippen LogP contribution in [0.1, 0.15) is 99.9 Å². The Morgan fingerprint density at radius 2 is 0.587 bits per heavy atom. The van der Waals surface area contributed by atoms with E-state index in [2.05, 4.69) is 79.7 Å². The first-order chi connectivity index (χ1) is 22.3. The van der Waals surface area contributed by atoms with E-state index in [0.29, 0.717) is 11.1 Å². The van der Waals surface area contributed by atoms with Crippen molar-refractivity contribution >= 4 is 43.1 Å². The molecular formula is C44H50O2. The van der Waals surface area contributed by atoms with Crippen molar-refractivity contribution in [3.05, 3.63) is 93.0 Å². The minimum absolute atomic E-state index is 0.199. The second kappa shape index (κ2) is 12.6. The van der Waals surface area contributed by atoms with Crippen molar-refractivity contribution in [1.29, 1.82) is 0 Å². The minimum atomic E-state index is 0.199. The Morgan fingerprint density at radius 1 is 0.326 bits per heavy atom. The van der Waals surface area contributed by atoms with Crippen LogP contribution in [0.25, 0.3) is 54.2 Å².